The van der Waals surface area contributed by atoms with Gasteiger partial charge in [0.15, 0.2) is 21.3 Å². The molecule has 2 heterocycles. The number of fused-ring (bicyclic) bond motifs is 1. The lowest BCUT2D eigenvalue weighted by Crippen LogP contribution is -2.45. The molecule has 1 aromatic carbocycles. The van der Waals surface area contributed by atoms with Crippen LogP contribution in [0, 0.1) is 0 Å². The van der Waals surface area contributed by atoms with E-state index in [1.165, 1.54) is 4.90 Å². The molecule has 2 aliphatic rings. The number of rotatable bonds is 7. The van der Waals surface area contributed by atoms with Crippen LogP contribution >= 0.6 is 0 Å². The summed E-state index contributed by atoms with van der Waals surface area (Å²) in [4.78, 5) is 28.2. The molecule has 0 bridgehead atoms. The number of hydrogen-bond acceptors (Lipinski definition) is 7. The van der Waals surface area contributed by atoms with E-state index in [0.717, 1.165) is 0 Å². The minimum absolute atomic E-state index is 0.00592. The van der Waals surface area contributed by atoms with Crippen molar-refractivity contribution in [3.05, 3.63) is 18.2 Å². The Balaban J connectivity index is 1.52. The van der Waals surface area contributed by atoms with Crippen LogP contribution in [0.5, 0.6) is 11.5 Å². The highest BCUT2D eigenvalue weighted by molar-refractivity contribution is 7.91. The molecule has 1 atom stereocenters. The molecule has 0 aromatic heterocycles. The van der Waals surface area contributed by atoms with E-state index in [9.17, 15) is 18.0 Å². The smallest absolute Gasteiger partial charge is 0.238 e. The average molecular weight is 426 g/mol. The number of likely N-dealkylation sites (N-methyl/N-ethyl adjacent to an activating group) is 2. The van der Waals surface area contributed by atoms with Crippen molar-refractivity contribution in [2.45, 2.75) is 19.4 Å². The van der Waals surface area contributed by atoms with Gasteiger partial charge in [0, 0.05) is 24.8 Å². The van der Waals surface area contributed by atoms with Gasteiger partial charge in [-0.1, -0.05) is 6.92 Å². The van der Waals surface area contributed by atoms with Crippen LogP contribution in [-0.4, -0.2) is 87.5 Å². The predicted octanol–water partition coefficient (Wildman–Crippen LogP) is 0.364. The Kier molecular flexibility index (Phi) is 6.63. The molecule has 2 aliphatic heterocycles. The molecular weight excluding hydrogens is 398 g/mol. The molecule has 2 amide bonds. The highest BCUT2D eigenvalue weighted by Gasteiger charge is 2.33. The topological polar surface area (TPSA) is 105 Å². The third-order valence-corrected chi connectivity index (χ3v) is 6.90. The van der Waals surface area contributed by atoms with E-state index in [2.05, 4.69) is 5.32 Å². The van der Waals surface area contributed by atoms with Crippen LogP contribution in [0.25, 0.3) is 0 Å². The lowest BCUT2D eigenvalue weighted by Gasteiger charge is -2.27. The SMILES string of the molecule is CCN(CC(=O)Nc1ccc2c(c1)OCCO2)CC(=O)N(C)[C@H]1CCS(=O)(=O)C1. The van der Waals surface area contributed by atoms with E-state index in [0.29, 0.717) is 43.4 Å². The molecule has 1 fully saturated rings. The number of hydrogen-bond donors (Lipinski definition) is 1. The zero-order valence-electron chi connectivity index (χ0n) is 16.7. The molecule has 160 valence electrons. The Hall–Kier alpha value is -2.33. The van der Waals surface area contributed by atoms with Crippen molar-refractivity contribution in [3.8, 4) is 11.5 Å². The predicted molar refractivity (Wildman–Crippen MR) is 108 cm³/mol. The van der Waals surface area contributed by atoms with E-state index >= 15 is 0 Å². The van der Waals surface area contributed by atoms with Gasteiger partial charge in [-0.15, -0.1) is 0 Å². The molecule has 0 saturated carbocycles. The van der Waals surface area contributed by atoms with Crippen molar-refractivity contribution in [3.63, 3.8) is 0 Å². The van der Waals surface area contributed by atoms with E-state index < -0.39 is 9.84 Å². The fraction of sp³-hybridized carbons (Fsp3) is 0.579. The summed E-state index contributed by atoms with van der Waals surface area (Å²) < 4.78 is 34.2. The number of amides is 2. The molecule has 0 aliphatic carbocycles. The molecule has 10 heteroatoms. The number of benzene rings is 1. The van der Waals surface area contributed by atoms with Gasteiger partial charge in [-0.25, -0.2) is 8.42 Å². The number of nitrogens with zero attached hydrogens (tertiary/aromatic N) is 2. The number of ether oxygens (including phenoxy) is 2. The van der Waals surface area contributed by atoms with Gasteiger partial charge in [-0.05, 0) is 25.1 Å². The molecule has 1 saturated heterocycles. The average Bonchev–Trinajstić information content (AvgIpc) is 3.06. The van der Waals surface area contributed by atoms with E-state index in [1.54, 1.807) is 30.1 Å². The zero-order chi connectivity index (χ0) is 21.0. The Morgan fingerprint density at radius 3 is 2.55 bits per heavy atom. The molecule has 3 rings (SSSR count). The number of nitrogens with one attached hydrogen (secondary N) is 1. The first-order valence-corrected chi connectivity index (χ1v) is 11.5. The lowest BCUT2D eigenvalue weighted by atomic mass is 10.2. The summed E-state index contributed by atoms with van der Waals surface area (Å²) in [6.07, 6.45) is 0.460. The molecule has 1 N–H and O–H groups in total. The van der Waals surface area contributed by atoms with E-state index in [1.807, 2.05) is 6.92 Å². The molecule has 9 nitrogen and oxygen atoms in total. The van der Waals surface area contributed by atoms with Gasteiger partial charge >= 0.3 is 0 Å². The highest BCUT2D eigenvalue weighted by atomic mass is 32.2. The highest BCUT2D eigenvalue weighted by Crippen LogP contribution is 2.32. The zero-order valence-corrected chi connectivity index (χ0v) is 17.5. The van der Waals surface area contributed by atoms with Crippen molar-refractivity contribution < 1.29 is 27.5 Å². The van der Waals surface area contributed by atoms with Gasteiger partial charge in [0.25, 0.3) is 0 Å². The fourth-order valence-corrected chi connectivity index (χ4v) is 5.17. The minimum atomic E-state index is -3.06. The summed E-state index contributed by atoms with van der Waals surface area (Å²) in [5.41, 5.74) is 0.593. The normalized spacial score (nSPS) is 19.8. The second-order valence-corrected chi connectivity index (χ2v) is 9.50. The third-order valence-electron chi connectivity index (χ3n) is 5.15. The van der Waals surface area contributed by atoms with Crippen LogP contribution in [0.1, 0.15) is 13.3 Å². The first kappa shape index (κ1) is 21.4. The minimum Gasteiger partial charge on any atom is -0.486 e. The summed E-state index contributed by atoms with van der Waals surface area (Å²) in [6.45, 7) is 3.44. The quantitative estimate of drug-likeness (QED) is 0.673. The number of anilines is 1. The summed E-state index contributed by atoms with van der Waals surface area (Å²) in [6, 6.07) is 4.90. The molecule has 29 heavy (non-hydrogen) atoms. The van der Waals surface area contributed by atoms with Crippen LogP contribution in [0.3, 0.4) is 0 Å². The maximum atomic E-state index is 12.5. The first-order chi connectivity index (χ1) is 13.8. The third kappa shape index (κ3) is 5.60. The number of sulfone groups is 1. The monoisotopic (exact) mass is 425 g/mol. The Labute approximate surface area is 170 Å². The lowest BCUT2D eigenvalue weighted by molar-refractivity contribution is -0.133. The van der Waals surface area contributed by atoms with Crippen molar-refractivity contribution in [2.24, 2.45) is 0 Å². The summed E-state index contributed by atoms with van der Waals surface area (Å²) in [7, 11) is -1.44. The van der Waals surface area contributed by atoms with Crippen molar-refractivity contribution in [2.75, 3.05) is 56.7 Å². The maximum Gasteiger partial charge on any atom is 0.238 e. The molecule has 1 aromatic rings. The first-order valence-electron chi connectivity index (χ1n) is 9.65. The fourth-order valence-electron chi connectivity index (χ4n) is 3.39. The van der Waals surface area contributed by atoms with Crippen molar-refractivity contribution >= 4 is 27.3 Å². The van der Waals surface area contributed by atoms with Gasteiger partial charge < -0.3 is 19.7 Å². The molecule has 0 unspecified atom stereocenters. The van der Waals surface area contributed by atoms with Crippen LogP contribution in [-0.2, 0) is 19.4 Å². The largest absolute Gasteiger partial charge is 0.486 e. The van der Waals surface area contributed by atoms with Crippen LogP contribution in [0.15, 0.2) is 18.2 Å². The van der Waals surface area contributed by atoms with Gasteiger partial charge in [0.05, 0.1) is 24.6 Å². The summed E-state index contributed by atoms with van der Waals surface area (Å²) in [5.74, 6) is 0.914. The second kappa shape index (κ2) is 9.00. The van der Waals surface area contributed by atoms with Gasteiger partial charge in [0.1, 0.15) is 13.2 Å². The maximum absolute atomic E-state index is 12.5. The molecular formula is C19H27N3O6S. The van der Waals surface area contributed by atoms with E-state index in [4.69, 9.17) is 9.47 Å². The Morgan fingerprint density at radius 1 is 1.17 bits per heavy atom. The number of carbonyl (C=O) groups excluding carboxylic acids is 2. The molecule has 0 radical (unpaired) electrons. The van der Waals surface area contributed by atoms with Crippen LogP contribution in [0.2, 0.25) is 0 Å². The van der Waals surface area contributed by atoms with Crippen LogP contribution in [0.4, 0.5) is 5.69 Å². The van der Waals surface area contributed by atoms with Gasteiger partial charge in [0.2, 0.25) is 11.8 Å². The summed E-state index contributed by atoms with van der Waals surface area (Å²) in [5, 5.41) is 2.80. The van der Waals surface area contributed by atoms with Crippen molar-refractivity contribution in [1.82, 2.24) is 9.80 Å². The van der Waals surface area contributed by atoms with Gasteiger partial charge in [-0.3, -0.25) is 14.5 Å². The van der Waals surface area contributed by atoms with Crippen LogP contribution < -0.4 is 14.8 Å². The summed E-state index contributed by atoms with van der Waals surface area (Å²) >= 11 is 0. The standard InChI is InChI=1S/C19H27N3O6S/c1-3-22(12-19(24)21(2)15-6-9-29(25,26)13-15)11-18(23)20-14-4-5-16-17(10-14)28-8-7-27-16/h4-5,10,15H,3,6-9,11-13H2,1-2H3,(H,20,23)/t15-/m0/s1. The Morgan fingerprint density at radius 2 is 1.90 bits per heavy atom. The van der Waals surface area contributed by atoms with E-state index in [-0.39, 0.29) is 42.5 Å². The molecule has 0 spiro atoms. The van der Waals surface area contributed by atoms with Crippen molar-refractivity contribution in [1.29, 1.82) is 0 Å². The van der Waals surface area contributed by atoms with Gasteiger partial charge in [-0.2, -0.15) is 0 Å². The second-order valence-electron chi connectivity index (χ2n) is 7.27. The number of carbonyl (C=O) groups is 2. The Bertz CT molecular complexity index is 873.